The number of thiocarbonyl (C=S) groups is 1. The van der Waals surface area contributed by atoms with Gasteiger partial charge in [0, 0.05) is 24.2 Å². The summed E-state index contributed by atoms with van der Waals surface area (Å²) in [6.07, 6.45) is -4.52. The molecule has 5 nitrogen and oxygen atoms in total. The topological polar surface area (TPSA) is 49.4 Å². The number of piperidine rings is 3. The quantitative estimate of drug-likeness (QED) is 0.179. The Kier molecular flexibility index (Phi) is 7.90. The lowest BCUT2D eigenvalue weighted by atomic mass is 9.73. The molecule has 0 radical (unpaired) electrons. The first-order valence-corrected chi connectivity index (χ1v) is 13.4. The van der Waals surface area contributed by atoms with Crippen LogP contribution in [0.15, 0.2) is 61.3 Å². The smallest absolute Gasteiger partial charge is 0.418 e. The van der Waals surface area contributed by atoms with Gasteiger partial charge in [-0.15, -0.1) is 6.58 Å². The Morgan fingerprint density at radius 1 is 1.12 bits per heavy atom. The summed E-state index contributed by atoms with van der Waals surface area (Å²) in [4.78, 5) is 6.79. The third-order valence-corrected chi connectivity index (χ3v) is 8.26. The highest BCUT2D eigenvalue weighted by atomic mass is 32.1. The monoisotopic (exact) mass is 594 g/mol. The molecule has 0 aliphatic carbocycles. The van der Waals surface area contributed by atoms with Gasteiger partial charge in [-0.05, 0) is 91.5 Å². The molecule has 3 saturated heterocycles. The summed E-state index contributed by atoms with van der Waals surface area (Å²) in [5, 5.41) is 6.39. The van der Waals surface area contributed by atoms with E-state index in [4.69, 9.17) is 17.0 Å². The van der Waals surface area contributed by atoms with Gasteiger partial charge in [-0.3, -0.25) is 9.88 Å². The lowest BCUT2D eigenvalue weighted by Crippen LogP contribution is -2.57. The fraction of sp³-hybridized carbons (Fsp3) is 0.379. The Hall–Kier alpha value is -3.38. The zero-order chi connectivity index (χ0) is 29.5. The van der Waals surface area contributed by atoms with Crippen LogP contribution in [-0.2, 0) is 12.4 Å². The van der Waals surface area contributed by atoms with Crippen LogP contribution in [0.4, 0.5) is 32.0 Å². The van der Waals surface area contributed by atoms with E-state index in [-0.39, 0.29) is 17.2 Å². The molecular formula is C29H28F6N4OS. The van der Waals surface area contributed by atoms with Gasteiger partial charge >= 0.3 is 12.4 Å². The number of aromatic nitrogens is 1. The summed E-state index contributed by atoms with van der Waals surface area (Å²) in [6.45, 7) is 5.62. The van der Waals surface area contributed by atoms with Crippen molar-refractivity contribution in [1.82, 2.24) is 15.2 Å². The third kappa shape index (κ3) is 5.99. The van der Waals surface area contributed by atoms with E-state index in [0.717, 1.165) is 42.9 Å². The van der Waals surface area contributed by atoms with Gasteiger partial charge in [0.2, 0.25) is 0 Å². The molecule has 1 aromatic heterocycles. The average Bonchev–Trinajstić information content (AvgIpc) is 2.94. The molecule has 2 aromatic carbocycles. The van der Waals surface area contributed by atoms with Crippen molar-refractivity contribution in [3.8, 4) is 5.75 Å². The van der Waals surface area contributed by atoms with E-state index in [9.17, 15) is 26.3 Å². The van der Waals surface area contributed by atoms with Crippen molar-refractivity contribution < 1.29 is 31.1 Å². The molecule has 3 aliphatic heterocycles. The molecule has 1 unspecified atom stereocenters. The largest absolute Gasteiger partial charge is 0.497 e. The molecule has 0 amide bonds. The summed E-state index contributed by atoms with van der Waals surface area (Å²) in [5.41, 5.74) is -1.89. The standard InChI is InChI=1S/C29H28F6N4OS/c1-3-16-15-39-11-9-17(16)12-25(39)26(20-8-10-36-23-7-5-19(40-2)14-21(20)23)38-27(41)37-24-6-4-18(28(30,31)32)13-22(24)29(33,34)35/h3-8,10,13-14,16-17,25-26H,1,9,11-12,15H2,2H3,(H2,37,38,41)/t16-,17-,25+,26-/m0/s1. The number of ether oxygens (including phenoxy) is 1. The molecule has 3 fully saturated rings. The number of anilines is 1. The number of alkyl halides is 6. The van der Waals surface area contributed by atoms with E-state index < -0.39 is 35.2 Å². The van der Waals surface area contributed by atoms with Crippen LogP contribution in [0.25, 0.3) is 10.9 Å². The Morgan fingerprint density at radius 2 is 1.90 bits per heavy atom. The molecule has 218 valence electrons. The van der Waals surface area contributed by atoms with E-state index in [2.05, 4.69) is 27.1 Å². The van der Waals surface area contributed by atoms with Gasteiger partial charge in [0.05, 0.1) is 35.5 Å². The zero-order valence-corrected chi connectivity index (χ0v) is 22.8. The molecule has 41 heavy (non-hydrogen) atoms. The van der Waals surface area contributed by atoms with Crippen LogP contribution in [-0.4, -0.2) is 41.2 Å². The van der Waals surface area contributed by atoms with E-state index in [0.29, 0.717) is 29.2 Å². The van der Waals surface area contributed by atoms with Crippen molar-refractivity contribution in [1.29, 1.82) is 0 Å². The number of pyridine rings is 1. The number of halogens is 6. The predicted octanol–water partition coefficient (Wildman–Crippen LogP) is 7.21. The van der Waals surface area contributed by atoms with E-state index in [1.807, 2.05) is 24.3 Å². The second-order valence-electron chi connectivity index (χ2n) is 10.4. The van der Waals surface area contributed by atoms with Crippen LogP contribution in [0.5, 0.6) is 5.75 Å². The van der Waals surface area contributed by atoms with Gasteiger partial charge < -0.3 is 15.4 Å². The first kappa shape index (κ1) is 29.1. The highest BCUT2D eigenvalue weighted by Crippen LogP contribution is 2.43. The first-order chi connectivity index (χ1) is 19.4. The molecule has 6 rings (SSSR count). The minimum Gasteiger partial charge on any atom is -0.497 e. The van der Waals surface area contributed by atoms with E-state index in [1.54, 1.807) is 19.4 Å². The van der Waals surface area contributed by atoms with Crippen LogP contribution in [0.1, 0.15) is 35.6 Å². The van der Waals surface area contributed by atoms with Crippen molar-refractivity contribution in [2.24, 2.45) is 11.8 Å². The molecule has 3 aromatic rings. The Balaban J connectivity index is 1.51. The third-order valence-electron chi connectivity index (χ3n) is 8.04. The molecule has 0 saturated carbocycles. The molecule has 2 bridgehead atoms. The number of hydrogen-bond acceptors (Lipinski definition) is 4. The van der Waals surface area contributed by atoms with Gasteiger partial charge in [0.1, 0.15) is 5.75 Å². The highest BCUT2D eigenvalue weighted by molar-refractivity contribution is 7.80. The number of hydrogen-bond donors (Lipinski definition) is 2. The summed E-state index contributed by atoms with van der Waals surface area (Å²) < 4.78 is 86.3. The first-order valence-electron chi connectivity index (χ1n) is 13.0. The number of rotatable bonds is 6. The molecule has 2 N–H and O–H groups in total. The lowest BCUT2D eigenvalue weighted by Gasteiger charge is -2.52. The number of benzene rings is 2. The van der Waals surface area contributed by atoms with Crippen molar-refractivity contribution in [2.75, 3.05) is 25.5 Å². The van der Waals surface area contributed by atoms with Crippen LogP contribution in [0.2, 0.25) is 0 Å². The van der Waals surface area contributed by atoms with E-state index >= 15 is 0 Å². The van der Waals surface area contributed by atoms with Gasteiger partial charge in [0.15, 0.2) is 5.11 Å². The summed E-state index contributed by atoms with van der Waals surface area (Å²) in [7, 11) is 1.55. The van der Waals surface area contributed by atoms with Crippen molar-refractivity contribution in [3.63, 3.8) is 0 Å². The maximum Gasteiger partial charge on any atom is 0.418 e. The van der Waals surface area contributed by atoms with Crippen molar-refractivity contribution >= 4 is 33.9 Å². The molecule has 5 atom stereocenters. The predicted molar refractivity (Wildman–Crippen MR) is 149 cm³/mol. The van der Waals surface area contributed by atoms with Crippen molar-refractivity contribution in [2.45, 2.75) is 37.3 Å². The zero-order valence-electron chi connectivity index (χ0n) is 22.0. The molecule has 4 heterocycles. The maximum absolute atomic E-state index is 13.8. The number of fused-ring (bicyclic) bond motifs is 4. The second kappa shape index (κ2) is 11.1. The molecule has 12 heteroatoms. The molecule has 0 spiro atoms. The molecule has 3 aliphatic rings. The van der Waals surface area contributed by atoms with E-state index in [1.165, 1.54) is 0 Å². The fourth-order valence-corrected chi connectivity index (χ4v) is 6.25. The second-order valence-corrected chi connectivity index (χ2v) is 10.8. The van der Waals surface area contributed by atoms with Gasteiger partial charge in [-0.2, -0.15) is 26.3 Å². The Morgan fingerprint density at radius 3 is 2.54 bits per heavy atom. The van der Waals surface area contributed by atoms with Crippen LogP contribution in [0, 0.1) is 11.8 Å². The number of nitrogens with zero attached hydrogens (tertiary/aromatic N) is 2. The van der Waals surface area contributed by atoms with Gasteiger partial charge in [0.25, 0.3) is 0 Å². The highest BCUT2D eigenvalue weighted by Gasteiger charge is 2.43. The summed E-state index contributed by atoms with van der Waals surface area (Å²) in [5.74, 6) is 1.34. The number of methoxy groups -OCH3 is 1. The van der Waals surface area contributed by atoms with Gasteiger partial charge in [-0.25, -0.2) is 0 Å². The van der Waals surface area contributed by atoms with Crippen molar-refractivity contribution in [3.05, 3.63) is 78.0 Å². The lowest BCUT2D eigenvalue weighted by molar-refractivity contribution is -0.142. The minimum absolute atomic E-state index is 0.0591. The van der Waals surface area contributed by atoms with Gasteiger partial charge in [-0.1, -0.05) is 6.08 Å². The van der Waals surface area contributed by atoms with Crippen LogP contribution in [0.3, 0.4) is 0 Å². The van der Waals surface area contributed by atoms with Crippen LogP contribution < -0.4 is 15.4 Å². The average molecular weight is 595 g/mol. The Labute approximate surface area is 238 Å². The summed E-state index contributed by atoms with van der Waals surface area (Å²) in [6, 6.07) is 8.22. The normalized spacial score (nSPS) is 23.2. The maximum atomic E-state index is 13.8. The fourth-order valence-electron chi connectivity index (χ4n) is 6.01. The SMILES string of the molecule is C=C[C@H]1CN2CC[C@H]1C[C@@H]2[C@@H](NC(=S)Nc1ccc(C(F)(F)F)cc1C(F)(F)F)c1ccnc2ccc(OC)cc12. The minimum atomic E-state index is -5.04. The Bertz CT molecular complexity index is 1460. The number of nitrogens with one attached hydrogen (secondary N) is 2. The molecular weight excluding hydrogens is 566 g/mol. The van der Waals surface area contributed by atoms with Crippen LogP contribution >= 0.6 is 12.2 Å². The summed E-state index contributed by atoms with van der Waals surface area (Å²) >= 11 is 5.49.